The van der Waals surface area contributed by atoms with Gasteiger partial charge in [-0.2, -0.15) is 5.26 Å². The van der Waals surface area contributed by atoms with Gasteiger partial charge in [0.25, 0.3) is 0 Å². The second-order valence-corrected chi connectivity index (χ2v) is 5.46. The molecule has 0 amide bonds. The van der Waals surface area contributed by atoms with Gasteiger partial charge in [-0.25, -0.2) is 12.8 Å². The normalized spacial score (nSPS) is 11.1. The first-order valence-corrected chi connectivity index (χ1v) is 6.40. The van der Waals surface area contributed by atoms with Gasteiger partial charge in [0, 0.05) is 12.1 Å². The highest BCUT2D eigenvalue weighted by Crippen LogP contribution is 2.15. The van der Waals surface area contributed by atoms with Gasteiger partial charge in [0.15, 0.2) is 9.84 Å². The first kappa shape index (κ1) is 12.6. The van der Waals surface area contributed by atoms with Crippen LogP contribution in [0.25, 0.3) is 0 Å². The quantitative estimate of drug-likeness (QED) is 0.836. The second-order valence-electron chi connectivity index (χ2n) is 3.27. The maximum absolute atomic E-state index is 13.5. The smallest absolute Gasteiger partial charge is 0.155 e. The molecular formula is C10H11FN2O2S. The third-order valence-corrected chi connectivity index (χ3v) is 3.61. The van der Waals surface area contributed by atoms with Crippen molar-refractivity contribution >= 4 is 9.84 Å². The minimum Gasteiger partial charge on any atom is -0.329 e. The van der Waals surface area contributed by atoms with Gasteiger partial charge in [-0.05, 0) is 6.07 Å². The standard InChI is InChI=1S/C10H11FN2O2S/c11-10-8(6-13)2-1-3-9(10)7-16(14,15)5-4-12/h1-3H,4-5,7,12H2. The Kier molecular flexibility index (Phi) is 3.99. The summed E-state index contributed by atoms with van der Waals surface area (Å²) in [6, 6.07) is 5.76. The molecule has 0 aromatic heterocycles. The average molecular weight is 242 g/mol. The summed E-state index contributed by atoms with van der Waals surface area (Å²) in [5.41, 5.74) is 4.99. The third kappa shape index (κ3) is 3.02. The van der Waals surface area contributed by atoms with Crippen LogP contribution in [0.1, 0.15) is 11.1 Å². The van der Waals surface area contributed by atoms with E-state index in [-0.39, 0.29) is 23.4 Å². The molecule has 1 aromatic rings. The molecule has 0 saturated carbocycles. The Morgan fingerprint density at radius 1 is 1.44 bits per heavy atom. The number of halogens is 1. The highest BCUT2D eigenvalue weighted by molar-refractivity contribution is 7.90. The molecule has 0 bridgehead atoms. The molecular weight excluding hydrogens is 231 g/mol. The zero-order valence-electron chi connectivity index (χ0n) is 8.48. The molecule has 16 heavy (non-hydrogen) atoms. The molecule has 4 nitrogen and oxygen atoms in total. The van der Waals surface area contributed by atoms with Crippen LogP contribution in [0.4, 0.5) is 4.39 Å². The molecule has 0 heterocycles. The molecule has 0 saturated heterocycles. The maximum Gasteiger partial charge on any atom is 0.155 e. The summed E-state index contributed by atoms with van der Waals surface area (Å²) in [7, 11) is -3.41. The summed E-state index contributed by atoms with van der Waals surface area (Å²) in [5, 5.41) is 8.59. The van der Waals surface area contributed by atoms with Crippen LogP contribution in [-0.4, -0.2) is 20.7 Å². The molecule has 0 aliphatic heterocycles. The van der Waals surface area contributed by atoms with Gasteiger partial charge in [-0.1, -0.05) is 12.1 Å². The fraction of sp³-hybridized carbons (Fsp3) is 0.300. The molecule has 0 aliphatic rings. The SMILES string of the molecule is N#Cc1cccc(CS(=O)(=O)CCN)c1F. The Balaban J connectivity index is 3.04. The van der Waals surface area contributed by atoms with Crippen molar-refractivity contribution in [2.45, 2.75) is 5.75 Å². The first-order valence-electron chi connectivity index (χ1n) is 4.58. The van der Waals surface area contributed by atoms with Crippen molar-refractivity contribution in [2.24, 2.45) is 5.73 Å². The van der Waals surface area contributed by atoms with Gasteiger partial charge < -0.3 is 5.73 Å². The lowest BCUT2D eigenvalue weighted by Gasteiger charge is -2.05. The third-order valence-electron chi connectivity index (χ3n) is 2.00. The summed E-state index contributed by atoms with van der Waals surface area (Å²) in [6.07, 6.45) is 0. The number of hydrogen-bond donors (Lipinski definition) is 1. The van der Waals surface area contributed by atoms with Crippen LogP contribution in [-0.2, 0) is 15.6 Å². The molecule has 2 N–H and O–H groups in total. The molecule has 86 valence electrons. The van der Waals surface area contributed by atoms with E-state index in [0.29, 0.717) is 0 Å². The minimum atomic E-state index is -3.41. The van der Waals surface area contributed by atoms with E-state index < -0.39 is 21.4 Å². The highest BCUT2D eigenvalue weighted by Gasteiger charge is 2.15. The molecule has 0 aliphatic carbocycles. The Morgan fingerprint density at radius 2 is 2.12 bits per heavy atom. The topological polar surface area (TPSA) is 84.0 Å². The van der Waals surface area contributed by atoms with Gasteiger partial charge in [0.1, 0.15) is 11.9 Å². The van der Waals surface area contributed by atoms with E-state index in [1.54, 1.807) is 6.07 Å². The fourth-order valence-electron chi connectivity index (χ4n) is 1.27. The molecule has 0 atom stereocenters. The molecule has 6 heteroatoms. The predicted octanol–water partition coefficient (Wildman–Crippen LogP) is 0.571. The lowest BCUT2D eigenvalue weighted by atomic mass is 10.1. The lowest BCUT2D eigenvalue weighted by molar-refractivity contribution is 0.586. The van der Waals surface area contributed by atoms with Crippen molar-refractivity contribution < 1.29 is 12.8 Å². The fourth-order valence-corrected chi connectivity index (χ4v) is 2.47. The summed E-state index contributed by atoms with van der Waals surface area (Å²) in [5.74, 6) is -1.39. The Hall–Kier alpha value is -1.45. The van der Waals surface area contributed by atoms with Gasteiger partial charge in [-0.15, -0.1) is 0 Å². The minimum absolute atomic E-state index is 0.00188. The van der Waals surface area contributed by atoms with Crippen LogP contribution in [0.3, 0.4) is 0 Å². The zero-order chi connectivity index (χ0) is 12.2. The van der Waals surface area contributed by atoms with Crippen LogP contribution in [0.15, 0.2) is 18.2 Å². The Bertz CT molecular complexity index is 520. The van der Waals surface area contributed by atoms with Gasteiger partial charge in [0.05, 0.1) is 17.1 Å². The van der Waals surface area contributed by atoms with Crippen molar-refractivity contribution in [2.75, 3.05) is 12.3 Å². The monoisotopic (exact) mass is 242 g/mol. The largest absolute Gasteiger partial charge is 0.329 e. The number of hydrogen-bond acceptors (Lipinski definition) is 4. The van der Waals surface area contributed by atoms with E-state index in [2.05, 4.69) is 0 Å². The number of sulfone groups is 1. The molecule has 1 aromatic carbocycles. The number of benzene rings is 1. The lowest BCUT2D eigenvalue weighted by Crippen LogP contribution is -2.17. The van der Waals surface area contributed by atoms with E-state index >= 15 is 0 Å². The summed E-state index contributed by atoms with van der Waals surface area (Å²) < 4.78 is 36.4. The van der Waals surface area contributed by atoms with Gasteiger partial charge in [0.2, 0.25) is 0 Å². The van der Waals surface area contributed by atoms with E-state index in [1.807, 2.05) is 0 Å². The average Bonchev–Trinajstić information content (AvgIpc) is 2.21. The number of nitriles is 1. The molecule has 0 fully saturated rings. The van der Waals surface area contributed by atoms with Crippen molar-refractivity contribution in [3.8, 4) is 6.07 Å². The van der Waals surface area contributed by atoms with Crippen molar-refractivity contribution in [1.82, 2.24) is 0 Å². The zero-order valence-corrected chi connectivity index (χ0v) is 9.30. The van der Waals surface area contributed by atoms with Crippen LogP contribution in [0, 0.1) is 17.1 Å². The van der Waals surface area contributed by atoms with Crippen LogP contribution in [0.5, 0.6) is 0 Å². The van der Waals surface area contributed by atoms with Gasteiger partial charge in [-0.3, -0.25) is 0 Å². The summed E-state index contributed by atoms with van der Waals surface area (Å²) in [4.78, 5) is 0. The second kappa shape index (κ2) is 5.05. The van der Waals surface area contributed by atoms with E-state index in [0.717, 1.165) is 0 Å². The van der Waals surface area contributed by atoms with Crippen molar-refractivity contribution in [3.05, 3.63) is 35.1 Å². The Labute approximate surface area is 93.4 Å². The van der Waals surface area contributed by atoms with Crippen LogP contribution < -0.4 is 5.73 Å². The van der Waals surface area contributed by atoms with E-state index in [4.69, 9.17) is 11.0 Å². The van der Waals surface area contributed by atoms with E-state index in [1.165, 1.54) is 18.2 Å². The highest BCUT2D eigenvalue weighted by atomic mass is 32.2. The molecule has 1 rings (SSSR count). The number of nitrogens with two attached hydrogens (primary N) is 1. The summed E-state index contributed by atoms with van der Waals surface area (Å²) in [6.45, 7) is 0.00188. The molecule has 0 spiro atoms. The van der Waals surface area contributed by atoms with E-state index in [9.17, 15) is 12.8 Å². The molecule has 0 radical (unpaired) electrons. The van der Waals surface area contributed by atoms with Crippen LogP contribution in [0.2, 0.25) is 0 Å². The van der Waals surface area contributed by atoms with Gasteiger partial charge >= 0.3 is 0 Å². The Morgan fingerprint density at radius 3 is 2.69 bits per heavy atom. The number of nitrogens with zero attached hydrogens (tertiary/aromatic N) is 1. The van der Waals surface area contributed by atoms with Crippen LogP contribution >= 0.6 is 0 Å². The summed E-state index contributed by atoms with van der Waals surface area (Å²) >= 11 is 0. The van der Waals surface area contributed by atoms with Crippen molar-refractivity contribution in [3.63, 3.8) is 0 Å². The maximum atomic E-state index is 13.5. The molecule has 0 unspecified atom stereocenters. The number of rotatable bonds is 4. The predicted molar refractivity (Wildman–Crippen MR) is 57.7 cm³/mol. The first-order chi connectivity index (χ1) is 7.50. The van der Waals surface area contributed by atoms with Crippen molar-refractivity contribution in [1.29, 1.82) is 5.26 Å².